The maximum absolute atomic E-state index is 7.77. The van der Waals surface area contributed by atoms with Crippen LogP contribution in [-0.4, -0.2) is 14.4 Å². The standard InChI is InChI=1S/C26H48OSi/c1-2-7-15-23(16-8-3-1)27-28(24-17-9-4-10-18-24,25-19-11-5-12-20-25)26-21-13-6-14-22-26/h23-26H,1-22H2. The highest BCUT2D eigenvalue weighted by Gasteiger charge is 2.55. The zero-order valence-electron chi connectivity index (χ0n) is 18.8. The molecule has 0 aromatic carbocycles. The molecule has 0 unspecified atom stereocenters. The average Bonchev–Trinajstić information content (AvgIpc) is 2.75. The third-order valence-corrected chi connectivity index (χ3v) is 15.5. The molecule has 4 saturated carbocycles. The highest BCUT2D eigenvalue weighted by molar-refractivity contribution is 6.78. The van der Waals surface area contributed by atoms with Gasteiger partial charge >= 0.3 is 0 Å². The Balaban J connectivity index is 1.62. The quantitative estimate of drug-likeness (QED) is 0.415. The maximum Gasteiger partial charge on any atom is 0.202 e. The van der Waals surface area contributed by atoms with E-state index in [0.717, 1.165) is 16.6 Å². The van der Waals surface area contributed by atoms with Gasteiger partial charge in [-0.15, -0.1) is 0 Å². The molecule has 0 atom stereocenters. The minimum absolute atomic E-state index is 0.637. The predicted molar refractivity (Wildman–Crippen MR) is 123 cm³/mol. The fourth-order valence-electron chi connectivity index (χ4n) is 7.78. The molecule has 0 aliphatic heterocycles. The van der Waals surface area contributed by atoms with E-state index in [1.54, 1.807) is 0 Å². The van der Waals surface area contributed by atoms with Crippen LogP contribution in [0.1, 0.15) is 141 Å². The molecule has 4 aliphatic carbocycles. The topological polar surface area (TPSA) is 9.23 Å². The van der Waals surface area contributed by atoms with Gasteiger partial charge < -0.3 is 4.43 Å². The molecule has 0 radical (unpaired) electrons. The molecule has 4 rings (SSSR count). The molecule has 162 valence electrons. The number of hydrogen-bond acceptors (Lipinski definition) is 1. The second-order valence-corrected chi connectivity index (χ2v) is 15.3. The van der Waals surface area contributed by atoms with Crippen molar-refractivity contribution in [1.82, 2.24) is 0 Å². The molecular weight excluding hydrogens is 356 g/mol. The van der Waals surface area contributed by atoms with Crippen molar-refractivity contribution in [3.63, 3.8) is 0 Å². The van der Waals surface area contributed by atoms with E-state index in [1.807, 2.05) is 0 Å². The summed E-state index contributed by atoms with van der Waals surface area (Å²) in [6, 6.07) is 0. The van der Waals surface area contributed by atoms with Gasteiger partial charge in [-0.25, -0.2) is 0 Å². The van der Waals surface area contributed by atoms with E-state index >= 15 is 0 Å². The monoisotopic (exact) mass is 404 g/mol. The van der Waals surface area contributed by atoms with Gasteiger partial charge in [0.15, 0.2) is 0 Å². The molecule has 0 aromatic rings. The zero-order valence-corrected chi connectivity index (χ0v) is 19.8. The fourth-order valence-corrected chi connectivity index (χ4v) is 15.1. The van der Waals surface area contributed by atoms with Crippen LogP contribution in [0.3, 0.4) is 0 Å². The molecule has 0 heterocycles. The fraction of sp³-hybridized carbons (Fsp3) is 1.00. The molecule has 1 nitrogen and oxygen atoms in total. The number of hydrogen-bond donors (Lipinski definition) is 0. The first-order chi connectivity index (χ1) is 13.9. The summed E-state index contributed by atoms with van der Waals surface area (Å²) in [4.78, 5) is 0. The Morgan fingerprint density at radius 2 is 0.643 bits per heavy atom. The Labute approximate surface area is 176 Å². The summed E-state index contributed by atoms with van der Waals surface area (Å²) in [5, 5.41) is 0. The van der Waals surface area contributed by atoms with Crippen LogP contribution in [0.25, 0.3) is 0 Å². The van der Waals surface area contributed by atoms with Crippen LogP contribution in [0, 0.1) is 0 Å². The van der Waals surface area contributed by atoms with Gasteiger partial charge in [-0.3, -0.25) is 0 Å². The summed E-state index contributed by atoms with van der Waals surface area (Å²) in [5.74, 6) is 0. The van der Waals surface area contributed by atoms with Gasteiger partial charge in [0.1, 0.15) is 0 Å². The Morgan fingerprint density at radius 3 is 1.04 bits per heavy atom. The Hall–Kier alpha value is 0.177. The van der Waals surface area contributed by atoms with Gasteiger partial charge in [0, 0.05) is 6.10 Å². The van der Waals surface area contributed by atoms with Crippen molar-refractivity contribution in [2.24, 2.45) is 0 Å². The van der Waals surface area contributed by atoms with Crippen molar-refractivity contribution in [1.29, 1.82) is 0 Å². The Morgan fingerprint density at radius 1 is 0.357 bits per heavy atom. The van der Waals surface area contributed by atoms with Crippen molar-refractivity contribution in [3.05, 3.63) is 0 Å². The van der Waals surface area contributed by atoms with E-state index in [-0.39, 0.29) is 0 Å². The average molecular weight is 405 g/mol. The lowest BCUT2D eigenvalue weighted by Gasteiger charge is -2.53. The van der Waals surface area contributed by atoms with E-state index in [1.165, 1.54) is 141 Å². The van der Waals surface area contributed by atoms with Gasteiger partial charge in [-0.2, -0.15) is 0 Å². The summed E-state index contributed by atoms with van der Waals surface area (Å²) in [5.41, 5.74) is 3.04. The Kier molecular flexibility index (Phi) is 8.40. The highest BCUT2D eigenvalue weighted by atomic mass is 28.4. The van der Waals surface area contributed by atoms with Crippen molar-refractivity contribution in [3.8, 4) is 0 Å². The molecule has 0 aromatic heterocycles. The van der Waals surface area contributed by atoms with Crippen LogP contribution >= 0.6 is 0 Å². The molecule has 0 saturated heterocycles. The van der Waals surface area contributed by atoms with Crippen molar-refractivity contribution in [2.75, 3.05) is 0 Å². The first kappa shape index (κ1) is 21.4. The largest absolute Gasteiger partial charge is 0.413 e. The molecule has 0 amide bonds. The van der Waals surface area contributed by atoms with E-state index < -0.39 is 8.32 Å². The summed E-state index contributed by atoms with van der Waals surface area (Å²) < 4.78 is 7.77. The van der Waals surface area contributed by atoms with E-state index in [2.05, 4.69) is 0 Å². The van der Waals surface area contributed by atoms with Gasteiger partial charge in [-0.1, -0.05) is 128 Å². The van der Waals surface area contributed by atoms with Crippen molar-refractivity contribution in [2.45, 2.75) is 164 Å². The van der Waals surface area contributed by atoms with Gasteiger partial charge in [-0.05, 0) is 29.5 Å². The van der Waals surface area contributed by atoms with Crippen LogP contribution in [0.15, 0.2) is 0 Å². The van der Waals surface area contributed by atoms with Crippen LogP contribution in [0.2, 0.25) is 16.6 Å². The first-order valence-electron chi connectivity index (χ1n) is 13.6. The summed E-state index contributed by atoms with van der Waals surface area (Å²) in [6.45, 7) is 0. The maximum atomic E-state index is 7.77. The van der Waals surface area contributed by atoms with Crippen LogP contribution in [0.5, 0.6) is 0 Å². The summed E-state index contributed by atoms with van der Waals surface area (Å²) in [6.07, 6.45) is 33.4. The van der Waals surface area contributed by atoms with E-state index in [4.69, 9.17) is 4.43 Å². The lowest BCUT2D eigenvalue weighted by molar-refractivity contribution is 0.128. The van der Waals surface area contributed by atoms with Crippen LogP contribution in [-0.2, 0) is 4.43 Å². The highest BCUT2D eigenvalue weighted by Crippen LogP contribution is 2.58. The Bertz CT molecular complexity index is 378. The van der Waals surface area contributed by atoms with Crippen molar-refractivity contribution < 1.29 is 4.43 Å². The third kappa shape index (κ3) is 5.08. The van der Waals surface area contributed by atoms with Crippen LogP contribution in [0.4, 0.5) is 0 Å². The van der Waals surface area contributed by atoms with E-state index in [9.17, 15) is 0 Å². The zero-order chi connectivity index (χ0) is 19.1. The SMILES string of the molecule is C1CCCC(O[Si](C2CCCCC2)(C2CCCCC2)C2CCCCC2)CCC1. The minimum atomic E-state index is -1.72. The molecule has 28 heavy (non-hydrogen) atoms. The van der Waals surface area contributed by atoms with Gasteiger partial charge in [0.25, 0.3) is 0 Å². The van der Waals surface area contributed by atoms with Crippen molar-refractivity contribution >= 4 is 8.32 Å². The van der Waals surface area contributed by atoms with Gasteiger partial charge in [0.2, 0.25) is 8.32 Å². The summed E-state index contributed by atoms with van der Waals surface area (Å²) in [7, 11) is -1.72. The molecular formula is C26H48OSi. The lowest BCUT2D eigenvalue weighted by atomic mass is 9.98. The van der Waals surface area contributed by atoms with Crippen LogP contribution < -0.4 is 0 Å². The molecule has 4 aliphatic rings. The van der Waals surface area contributed by atoms with Gasteiger partial charge in [0.05, 0.1) is 0 Å². The normalized spacial score (nSPS) is 28.7. The molecule has 0 N–H and O–H groups in total. The second-order valence-electron chi connectivity index (χ2n) is 10.9. The second kappa shape index (κ2) is 11.0. The molecule has 0 spiro atoms. The smallest absolute Gasteiger partial charge is 0.202 e. The third-order valence-electron chi connectivity index (χ3n) is 9.15. The first-order valence-corrected chi connectivity index (χ1v) is 15.7. The predicted octanol–water partition coefficient (Wildman–Crippen LogP) is 9.06. The molecule has 0 bridgehead atoms. The number of rotatable bonds is 5. The lowest BCUT2D eigenvalue weighted by Crippen LogP contribution is -2.55. The minimum Gasteiger partial charge on any atom is -0.413 e. The van der Waals surface area contributed by atoms with E-state index in [0.29, 0.717) is 6.10 Å². The molecule has 2 heteroatoms. The molecule has 4 fully saturated rings. The summed E-state index contributed by atoms with van der Waals surface area (Å²) >= 11 is 0.